The molecule has 112 valence electrons. The lowest BCUT2D eigenvalue weighted by Gasteiger charge is -2.28. The predicted molar refractivity (Wildman–Crippen MR) is 80.4 cm³/mol. The molecule has 0 radical (unpaired) electrons. The summed E-state index contributed by atoms with van der Waals surface area (Å²) in [6, 6.07) is 6.81. The van der Waals surface area contributed by atoms with Gasteiger partial charge in [-0.3, -0.25) is 4.79 Å². The van der Waals surface area contributed by atoms with Crippen LogP contribution in [0.5, 0.6) is 0 Å². The SMILES string of the molecule is Cl.NCC(=O)N(CCc1ccc(F)cc1)C1CCCC1. The maximum Gasteiger partial charge on any atom is 0.236 e. The molecule has 0 aromatic heterocycles. The Morgan fingerprint density at radius 2 is 1.85 bits per heavy atom. The molecule has 20 heavy (non-hydrogen) atoms. The van der Waals surface area contributed by atoms with Gasteiger partial charge < -0.3 is 10.6 Å². The zero-order valence-corrected chi connectivity index (χ0v) is 12.4. The van der Waals surface area contributed by atoms with Gasteiger partial charge in [-0.2, -0.15) is 0 Å². The van der Waals surface area contributed by atoms with Crippen molar-refractivity contribution in [1.82, 2.24) is 4.90 Å². The van der Waals surface area contributed by atoms with E-state index in [1.165, 1.54) is 25.0 Å². The molecule has 1 fully saturated rings. The number of nitrogens with zero attached hydrogens (tertiary/aromatic N) is 1. The zero-order valence-electron chi connectivity index (χ0n) is 11.6. The van der Waals surface area contributed by atoms with Crippen LogP contribution in [0.4, 0.5) is 4.39 Å². The molecule has 1 amide bonds. The first-order valence-corrected chi connectivity index (χ1v) is 6.94. The topological polar surface area (TPSA) is 46.3 Å². The van der Waals surface area contributed by atoms with Crippen LogP contribution in [0.3, 0.4) is 0 Å². The highest BCUT2D eigenvalue weighted by Gasteiger charge is 2.25. The van der Waals surface area contributed by atoms with Crippen molar-refractivity contribution < 1.29 is 9.18 Å². The minimum atomic E-state index is -0.227. The third-order valence-electron chi connectivity index (χ3n) is 3.82. The monoisotopic (exact) mass is 300 g/mol. The summed E-state index contributed by atoms with van der Waals surface area (Å²) in [5.74, 6) is -0.205. The van der Waals surface area contributed by atoms with E-state index >= 15 is 0 Å². The van der Waals surface area contributed by atoms with E-state index in [0.717, 1.165) is 24.8 Å². The van der Waals surface area contributed by atoms with E-state index in [0.29, 0.717) is 12.6 Å². The Kier molecular flexibility index (Phi) is 6.96. The van der Waals surface area contributed by atoms with E-state index in [-0.39, 0.29) is 30.7 Å². The standard InChI is InChI=1S/C15H21FN2O.ClH/c16-13-7-5-12(6-8-13)9-10-18(15(19)11-17)14-3-1-2-4-14;/h5-8,14H,1-4,9-11,17H2;1H. The second-order valence-corrected chi connectivity index (χ2v) is 5.11. The molecule has 2 rings (SSSR count). The number of carbonyl (C=O) groups is 1. The lowest BCUT2D eigenvalue weighted by atomic mass is 10.1. The van der Waals surface area contributed by atoms with Crippen LogP contribution in [0.1, 0.15) is 31.2 Å². The molecule has 0 saturated heterocycles. The molecule has 1 aliphatic carbocycles. The van der Waals surface area contributed by atoms with Gasteiger partial charge in [-0.25, -0.2) is 4.39 Å². The van der Waals surface area contributed by atoms with Gasteiger partial charge in [0.25, 0.3) is 0 Å². The molecule has 0 unspecified atom stereocenters. The van der Waals surface area contributed by atoms with E-state index in [1.807, 2.05) is 4.90 Å². The Bertz CT molecular complexity index is 418. The second-order valence-electron chi connectivity index (χ2n) is 5.11. The van der Waals surface area contributed by atoms with Crippen molar-refractivity contribution in [1.29, 1.82) is 0 Å². The number of carbonyl (C=O) groups excluding carboxylic acids is 1. The van der Waals surface area contributed by atoms with Crippen molar-refractivity contribution >= 4 is 18.3 Å². The maximum atomic E-state index is 12.8. The van der Waals surface area contributed by atoms with Crippen LogP contribution in [0.25, 0.3) is 0 Å². The summed E-state index contributed by atoms with van der Waals surface area (Å²) >= 11 is 0. The molecule has 0 spiro atoms. The number of amides is 1. The van der Waals surface area contributed by atoms with Gasteiger partial charge in [0.2, 0.25) is 5.91 Å². The average Bonchev–Trinajstić information content (AvgIpc) is 2.94. The molecule has 0 heterocycles. The van der Waals surface area contributed by atoms with Crippen LogP contribution in [0.2, 0.25) is 0 Å². The molecule has 2 N–H and O–H groups in total. The molecule has 1 saturated carbocycles. The molecular formula is C15H22ClFN2O. The fraction of sp³-hybridized carbons (Fsp3) is 0.533. The summed E-state index contributed by atoms with van der Waals surface area (Å²) in [5.41, 5.74) is 6.54. The van der Waals surface area contributed by atoms with Gasteiger partial charge in [0, 0.05) is 12.6 Å². The summed E-state index contributed by atoms with van der Waals surface area (Å²) in [5, 5.41) is 0. The van der Waals surface area contributed by atoms with Gasteiger partial charge in [0.05, 0.1) is 6.54 Å². The Morgan fingerprint density at radius 3 is 2.40 bits per heavy atom. The quantitative estimate of drug-likeness (QED) is 0.908. The smallest absolute Gasteiger partial charge is 0.236 e. The Morgan fingerprint density at radius 1 is 1.25 bits per heavy atom. The highest BCUT2D eigenvalue weighted by molar-refractivity contribution is 5.85. The molecule has 0 aliphatic heterocycles. The number of nitrogens with two attached hydrogens (primary N) is 1. The summed E-state index contributed by atoms with van der Waals surface area (Å²) < 4.78 is 12.8. The second kappa shape index (κ2) is 8.22. The number of benzene rings is 1. The van der Waals surface area contributed by atoms with Crippen LogP contribution in [-0.4, -0.2) is 29.9 Å². The van der Waals surface area contributed by atoms with E-state index in [1.54, 1.807) is 12.1 Å². The van der Waals surface area contributed by atoms with Crippen molar-refractivity contribution in [2.45, 2.75) is 38.1 Å². The summed E-state index contributed by atoms with van der Waals surface area (Å²) in [7, 11) is 0. The van der Waals surface area contributed by atoms with Gasteiger partial charge in [0.1, 0.15) is 5.82 Å². The fourth-order valence-corrected chi connectivity index (χ4v) is 2.74. The molecule has 0 atom stereocenters. The van der Waals surface area contributed by atoms with Crippen molar-refractivity contribution in [3.63, 3.8) is 0 Å². The summed E-state index contributed by atoms with van der Waals surface area (Å²) in [4.78, 5) is 13.8. The van der Waals surface area contributed by atoms with E-state index in [2.05, 4.69) is 0 Å². The third kappa shape index (κ3) is 4.46. The summed E-state index contributed by atoms with van der Waals surface area (Å²) in [6.45, 7) is 0.742. The van der Waals surface area contributed by atoms with Crippen molar-refractivity contribution in [2.75, 3.05) is 13.1 Å². The number of rotatable bonds is 5. The Hall–Kier alpha value is -1.13. The van der Waals surface area contributed by atoms with Crippen LogP contribution in [-0.2, 0) is 11.2 Å². The molecular weight excluding hydrogens is 279 g/mol. The van der Waals surface area contributed by atoms with Crippen LogP contribution in [0.15, 0.2) is 24.3 Å². The summed E-state index contributed by atoms with van der Waals surface area (Å²) in [6.07, 6.45) is 5.29. The normalized spacial score (nSPS) is 14.9. The average molecular weight is 301 g/mol. The molecule has 1 aromatic rings. The van der Waals surface area contributed by atoms with E-state index in [9.17, 15) is 9.18 Å². The van der Waals surface area contributed by atoms with Gasteiger partial charge in [-0.05, 0) is 37.0 Å². The highest BCUT2D eigenvalue weighted by atomic mass is 35.5. The fourth-order valence-electron chi connectivity index (χ4n) is 2.74. The molecule has 1 aromatic carbocycles. The maximum absolute atomic E-state index is 12.8. The molecule has 0 bridgehead atoms. The van der Waals surface area contributed by atoms with Gasteiger partial charge in [-0.1, -0.05) is 25.0 Å². The van der Waals surface area contributed by atoms with E-state index in [4.69, 9.17) is 5.73 Å². The number of halogens is 2. The first kappa shape index (κ1) is 16.9. The Labute approximate surface area is 125 Å². The number of hydrogen-bond acceptors (Lipinski definition) is 2. The molecule has 1 aliphatic rings. The van der Waals surface area contributed by atoms with Crippen molar-refractivity contribution in [2.24, 2.45) is 5.73 Å². The Balaban J connectivity index is 0.00000200. The van der Waals surface area contributed by atoms with E-state index < -0.39 is 0 Å². The lowest BCUT2D eigenvalue weighted by molar-refractivity contribution is -0.131. The van der Waals surface area contributed by atoms with Gasteiger partial charge in [0.15, 0.2) is 0 Å². The van der Waals surface area contributed by atoms with Gasteiger partial charge in [-0.15, -0.1) is 12.4 Å². The predicted octanol–water partition coefficient (Wildman–Crippen LogP) is 2.52. The first-order valence-electron chi connectivity index (χ1n) is 6.94. The van der Waals surface area contributed by atoms with Crippen LogP contribution < -0.4 is 5.73 Å². The third-order valence-corrected chi connectivity index (χ3v) is 3.82. The molecule has 3 nitrogen and oxygen atoms in total. The van der Waals surface area contributed by atoms with Crippen LogP contribution in [0, 0.1) is 5.82 Å². The highest BCUT2D eigenvalue weighted by Crippen LogP contribution is 2.23. The lowest BCUT2D eigenvalue weighted by Crippen LogP contribution is -2.43. The molecule has 5 heteroatoms. The largest absolute Gasteiger partial charge is 0.338 e. The zero-order chi connectivity index (χ0) is 13.7. The van der Waals surface area contributed by atoms with Crippen molar-refractivity contribution in [3.8, 4) is 0 Å². The minimum Gasteiger partial charge on any atom is -0.338 e. The first-order chi connectivity index (χ1) is 9.20. The van der Waals surface area contributed by atoms with Crippen LogP contribution >= 0.6 is 12.4 Å². The number of hydrogen-bond donors (Lipinski definition) is 1. The van der Waals surface area contributed by atoms with Crippen molar-refractivity contribution in [3.05, 3.63) is 35.6 Å². The van der Waals surface area contributed by atoms with Gasteiger partial charge >= 0.3 is 0 Å². The minimum absolute atomic E-state index is 0.